The van der Waals surface area contributed by atoms with Crippen LogP contribution in [0.15, 0.2) is 60.7 Å². The number of benzene rings is 2. The molecule has 27 heavy (non-hydrogen) atoms. The van der Waals surface area contributed by atoms with E-state index in [4.69, 9.17) is 4.74 Å². The van der Waals surface area contributed by atoms with E-state index in [0.29, 0.717) is 22.2 Å². The second kappa shape index (κ2) is 7.99. The Morgan fingerprint density at radius 3 is 2.33 bits per heavy atom. The molecule has 3 rings (SSSR count). The number of nitrogens with one attached hydrogen (secondary N) is 1. The summed E-state index contributed by atoms with van der Waals surface area (Å²) < 4.78 is 5.42. The summed E-state index contributed by atoms with van der Waals surface area (Å²) in [6, 6.07) is 18.7. The zero-order valence-electron chi connectivity index (χ0n) is 15.6. The van der Waals surface area contributed by atoms with Crippen LogP contribution in [-0.2, 0) is 9.53 Å². The van der Waals surface area contributed by atoms with Gasteiger partial charge in [0.1, 0.15) is 0 Å². The SMILES string of the molecule is CC(C)NC(=O)C(C)OC(=O)c1cc(-c2ccccc2)nc2ccccc12. The smallest absolute Gasteiger partial charge is 0.339 e. The van der Waals surface area contributed by atoms with Crippen molar-refractivity contribution in [1.82, 2.24) is 10.3 Å². The zero-order chi connectivity index (χ0) is 19.4. The molecule has 1 aromatic heterocycles. The van der Waals surface area contributed by atoms with Gasteiger partial charge in [0.05, 0.1) is 16.8 Å². The number of ether oxygens (including phenoxy) is 1. The maximum atomic E-state index is 12.8. The Morgan fingerprint density at radius 2 is 1.63 bits per heavy atom. The first-order chi connectivity index (χ1) is 13.0. The standard InChI is InChI=1S/C22H22N2O3/c1-14(2)23-21(25)15(3)27-22(26)18-13-20(16-9-5-4-6-10-16)24-19-12-8-7-11-17(18)19/h4-15H,1-3H3,(H,23,25). The third kappa shape index (κ3) is 4.31. The number of carbonyl (C=O) groups is 2. The fraction of sp³-hybridized carbons (Fsp3) is 0.227. The summed E-state index contributed by atoms with van der Waals surface area (Å²) in [5.74, 6) is -0.864. The first-order valence-electron chi connectivity index (χ1n) is 8.92. The molecule has 5 heteroatoms. The molecule has 1 heterocycles. The number of hydrogen-bond donors (Lipinski definition) is 1. The monoisotopic (exact) mass is 362 g/mol. The van der Waals surface area contributed by atoms with Crippen molar-refractivity contribution in [2.24, 2.45) is 0 Å². The van der Waals surface area contributed by atoms with Crippen molar-refractivity contribution in [2.75, 3.05) is 0 Å². The van der Waals surface area contributed by atoms with Gasteiger partial charge in [0.2, 0.25) is 0 Å². The van der Waals surface area contributed by atoms with Crippen molar-refractivity contribution in [1.29, 1.82) is 0 Å². The van der Waals surface area contributed by atoms with Gasteiger partial charge in [-0.25, -0.2) is 9.78 Å². The third-order valence-electron chi connectivity index (χ3n) is 4.09. The molecule has 0 radical (unpaired) electrons. The van der Waals surface area contributed by atoms with E-state index in [1.807, 2.05) is 68.4 Å². The summed E-state index contributed by atoms with van der Waals surface area (Å²) in [6.07, 6.45) is -0.882. The highest BCUT2D eigenvalue weighted by molar-refractivity contribution is 6.05. The Hall–Kier alpha value is -3.21. The van der Waals surface area contributed by atoms with E-state index in [2.05, 4.69) is 10.3 Å². The van der Waals surface area contributed by atoms with E-state index in [0.717, 1.165) is 5.56 Å². The van der Waals surface area contributed by atoms with Crippen LogP contribution in [0, 0.1) is 0 Å². The molecule has 5 nitrogen and oxygen atoms in total. The van der Waals surface area contributed by atoms with Crippen molar-refractivity contribution in [3.05, 3.63) is 66.2 Å². The normalized spacial score (nSPS) is 12.0. The number of aromatic nitrogens is 1. The van der Waals surface area contributed by atoms with Crippen LogP contribution in [0.3, 0.4) is 0 Å². The molecule has 1 atom stereocenters. The highest BCUT2D eigenvalue weighted by Gasteiger charge is 2.21. The van der Waals surface area contributed by atoms with Gasteiger partial charge in [0.15, 0.2) is 6.10 Å². The number of fused-ring (bicyclic) bond motifs is 1. The Kier molecular flexibility index (Phi) is 5.50. The van der Waals surface area contributed by atoms with Gasteiger partial charge >= 0.3 is 5.97 Å². The van der Waals surface area contributed by atoms with Gasteiger partial charge in [-0.2, -0.15) is 0 Å². The number of amides is 1. The van der Waals surface area contributed by atoms with Crippen LogP contribution in [0.25, 0.3) is 22.2 Å². The van der Waals surface area contributed by atoms with E-state index >= 15 is 0 Å². The number of pyridine rings is 1. The number of esters is 1. The van der Waals surface area contributed by atoms with E-state index in [9.17, 15) is 9.59 Å². The van der Waals surface area contributed by atoms with Gasteiger partial charge in [0.25, 0.3) is 5.91 Å². The average Bonchev–Trinajstić information content (AvgIpc) is 2.67. The predicted octanol–water partition coefficient (Wildman–Crippen LogP) is 3.97. The van der Waals surface area contributed by atoms with Gasteiger partial charge in [-0.3, -0.25) is 4.79 Å². The van der Waals surface area contributed by atoms with Gasteiger partial charge < -0.3 is 10.1 Å². The number of nitrogens with zero attached hydrogens (tertiary/aromatic N) is 1. The molecule has 0 fully saturated rings. The number of para-hydroxylation sites is 1. The maximum Gasteiger partial charge on any atom is 0.339 e. The van der Waals surface area contributed by atoms with E-state index in [-0.39, 0.29) is 11.9 Å². The molecule has 0 aliphatic rings. The Bertz CT molecular complexity index is 968. The molecule has 0 saturated heterocycles. The minimum Gasteiger partial charge on any atom is -0.449 e. The topological polar surface area (TPSA) is 68.3 Å². The largest absolute Gasteiger partial charge is 0.449 e. The minimum absolute atomic E-state index is 0.0231. The zero-order valence-corrected chi connectivity index (χ0v) is 15.6. The van der Waals surface area contributed by atoms with Crippen LogP contribution in [0.1, 0.15) is 31.1 Å². The molecule has 138 valence electrons. The molecular formula is C22H22N2O3. The molecule has 0 bridgehead atoms. The lowest BCUT2D eigenvalue weighted by Crippen LogP contribution is -2.39. The highest BCUT2D eigenvalue weighted by atomic mass is 16.5. The Balaban J connectivity index is 1.97. The predicted molar refractivity (Wildman–Crippen MR) is 105 cm³/mol. The Morgan fingerprint density at radius 1 is 0.963 bits per heavy atom. The highest BCUT2D eigenvalue weighted by Crippen LogP contribution is 2.25. The fourth-order valence-electron chi connectivity index (χ4n) is 2.78. The molecule has 0 spiro atoms. The molecule has 3 aromatic rings. The van der Waals surface area contributed by atoms with Crippen molar-refractivity contribution < 1.29 is 14.3 Å². The lowest BCUT2D eigenvalue weighted by molar-refractivity contribution is -0.129. The van der Waals surface area contributed by atoms with Crippen molar-refractivity contribution >= 4 is 22.8 Å². The molecule has 1 amide bonds. The van der Waals surface area contributed by atoms with Gasteiger partial charge in [-0.15, -0.1) is 0 Å². The van der Waals surface area contributed by atoms with Crippen LogP contribution in [-0.4, -0.2) is 29.0 Å². The molecule has 2 aromatic carbocycles. The van der Waals surface area contributed by atoms with Crippen LogP contribution in [0.5, 0.6) is 0 Å². The molecule has 0 saturated carbocycles. The molecular weight excluding hydrogens is 340 g/mol. The van der Waals surface area contributed by atoms with Crippen molar-refractivity contribution in [2.45, 2.75) is 32.9 Å². The summed E-state index contributed by atoms with van der Waals surface area (Å²) in [5.41, 5.74) is 2.68. The van der Waals surface area contributed by atoms with Crippen molar-refractivity contribution in [3.63, 3.8) is 0 Å². The fourth-order valence-corrected chi connectivity index (χ4v) is 2.78. The van der Waals surface area contributed by atoms with Crippen LogP contribution in [0.4, 0.5) is 0 Å². The lowest BCUT2D eigenvalue weighted by Gasteiger charge is -2.16. The number of hydrogen-bond acceptors (Lipinski definition) is 4. The second-order valence-corrected chi connectivity index (χ2v) is 6.65. The molecule has 0 aliphatic heterocycles. The summed E-state index contributed by atoms with van der Waals surface area (Å²) in [4.78, 5) is 29.5. The van der Waals surface area contributed by atoms with Crippen LogP contribution in [0.2, 0.25) is 0 Å². The van der Waals surface area contributed by atoms with Crippen LogP contribution >= 0.6 is 0 Å². The van der Waals surface area contributed by atoms with Gasteiger partial charge in [-0.05, 0) is 32.9 Å². The molecule has 1 unspecified atom stereocenters. The van der Waals surface area contributed by atoms with Crippen LogP contribution < -0.4 is 5.32 Å². The van der Waals surface area contributed by atoms with Gasteiger partial charge in [0, 0.05) is 17.0 Å². The maximum absolute atomic E-state index is 12.8. The second-order valence-electron chi connectivity index (χ2n) is 6.65. The average molecular weight is 362 g/mol. The van der Waals surface area contributed by atoms with E-state index in [1.165, 1.54) is 0 Å². The first-order valence-corrected chi connectivity index (χ1v) is 8.92. The molecule has 0 aliphatic carbocycles. The summed E-state index contributed by atoms with van der Waals surface area (Å²) in [6.45, 7) is 5.28. The molecule has 1 N–H and O–H groups in total. The van der Waals surface area contributed by atoms with E-state index in [1.54, 1.807) is 13.0 Å². The van der Waals surface area contributed by atoms with Crippen molar-refractivity contribution in [3.8, 4) is 11.3 Å². The first kappa shape index (κ1) is 18.6. The lowest BCUT2D eigenvalue weighted by atomic mass is 10.0. The third-order valence-corrected chi connectivity index (χ3v) is 4.09. The quantitative estimate of drug-likeness (QED) is 0.697. The number of rotatable bonds is 5. The Labute approximate surface area is 158 Å². The number of carbonyl (C=O) groups excluding carboxylic acids is 2. The van der Waals surface area contributed by atoms with Gasteiger partial charge in [-0.1, -0.05) is 48.5 Å². The summed E-state index contributed by atoms with van der Waals surface area (Å²) in [7, 11) is 0. The minimum atomic E-state index is -0.882. The summed E-state index contributed by atoms with van der Waals surface area (Å²) >= 11 is 0. The summed E-state index contributed by atoms with van der Waals surface area (Å²) in [5, 5.41) is 3.44. The van der Waals surface area contributed by atoms with E-state index < -0.39 is 12.1 Å².